The van der Waals surface area contributed by atoms with Crippen molar-refractivity contribution in [1.82, 2.24) is 4.98 Å². The summed E-state index contributed by atoms with van der Waals surface area (Å²) in [6.45, 7) is 0. The highest BCUT2D eigenvalue weighted by Crippen LogP contribution is 2.28. The van der Waals surface area contributed by atoms with Crippen molar-refractivity contribution in [2.45, 2.75) is 12.4 Å². The molecule has 0 aliphatic heterocycles. The Bertz CT molecular complexity index is 408. The zero-order valence-corrected chi connectivity index (χ0v) is 7.36. The molecule has 0 spiro atoms. The van der Waals surface area contributed by atoms with E-state index in [1.807, 2.05) is 0 Å². The Morgan fingerprint density at radius 1 is 1.06 bits per heavy atom. The fourth-order valence-electron chi connectivity index (χ4n) is 0.864. The molecule has 0 aromatic carbocycles. The predicted octanol–water partition coefficient (Wildman–Crippen LogP) is 2.85. The fourth-order valence-corrected chi connectivity index (χ4v) is 0.864. The number of carbonyl (C=O) groups excluding carboxylic acids is 1. The van der Waals surface area contributed by atoms with Crippen molar-refractivity contribution in [1.29, 1.82) is 0 Å². The summed E-state index contributed by atoms with van der Waals surface area (Å²) < 4.78 is 71.9. The molecule has 1 aromatic rings. The Labute approximate surface area is 84.9 Å². The molecule has 0 saturated heterocycles. The summed E-state index contributed by atoms with van der Waals surface area (Å²) in [4.78, 5) is 13.2. The first-order valence-corrected chi connectivity index (χ1v) is 3.78. The number of rotatable bonds is 1. The van der Waals surface area contributed by atoms with E-state index in [9.17, 15) is 31.1 Å². The quantitative estimate of drug-likeness (QED) is 0.560. The number of carbonyl (C=O) groups is 1. The van der Waals surface area contributed by atoms with Crippen LogP contribution in [0.25, 0.3) is 0 Å². The van der Waals surface area contributed by atoms with Crippen LogP contribution >= 0.6 is 0 Å². The Hall–Kier alpha value is -1.60. The molecule has 2 nitrogen and oxygen atoms in total. The fraction of sp³-hybridized carbons (Fsp3) is 0.250. The SMILES string of the molecule is O=C(c1cccc(C(F)(F)F)n1)C(F)(F)F. The van der Waals surface area contributed by atoms with Crippen molar-refractivity contribution in [2.75, 3.05) is 0 Å². The minimum absolute atomic E-state index is 0.479. The highest BCUT2D eigenvalue weighted by atomic mass is 19.4. The second kappa shape index (κ2) is 3.76. The van der Waals surface area contributed by atoms with Crippen molar-refractivity contribution < 1.29 is 31.1 Å². The lowest BCUT2D eigenvalue weighted by atomic mass is 10.2. The number of ketones is 1. The van der Waals surface area contributed by atoms with E-state index in [4.69, 9.17) is 0 Å². The number of alkyl halides is 6. The second-order valence-electron chi connectivity index (χ2n) is 2.73. The number of pyridine rings is 1. The smallest absolute Gasteiger partial charge is 0.282 e. The summed E-state index contributed by atoms with van der Waals surface area (Å²) in [5, 5.41) is 0. The van der Waals surface area contributed by atoms with Crippen LogP contribution < -0.4 is 0 Å². The highest BCUT2D eigenvalue weighted by molar-refractivity contribution is 5.98. The third kappa shape index (κ3) is 2.71. The van der Waals surface area contributed by atoms with Crippen LogP contribution in [-0.2, 0) is 6.18 Å². The standard InChI is InChI=1S/C8H3F6NO/c9-7(10,11)5-3-1-2-4(15-5)6(16)8(12,13)14/h1-3H. The molecule has 1 aromatic heterocycles. The molecule has 0 aliphatic rings. The molecule has 0 unspecified atom stereocenters. The van der Waals surface area contributed by atoms with Crippen LogP contribution in [0.3, 0.4) is 0 Å². The van der Waals surface area contributed by atoms with E-state index in [2.05, 4.69) is 4.98 Å². The van der Waals surface area contributed by atoms with Crippen LogP contribution in [0, 0.1) is 0 Å². The van der Waals surface area contributed by atoms with E-state index in [0.717, 1.165) is 0 Å². The van der Waals surface area contributed by atoms with Gasteiger partial charge in [-0.25, -0.2) is 4.98 Å². The van der Waals surface area contributed by atoms with Gasteiger partial charge in [-0.3, -0.25) is 4.79 Å². The van der Waals surface area contributed by atoms with Crippen LogP contribution in [0.5, 0.6) is 0 Å². The Morgan fingerprint density at radius 3 is 2.06 bits per heavy atom. The molecule has 0 N–H and O–H groups in total. The number of Topliss-reactive ketones (excluding diaryl/α,β-unsaturated/α-hetero) is 1. The summed E-state index contributed by atoms with van der Waals surface area (Å²) >= 11 is 0. The second-order valence-corrected chi connectivity index (χ2v) is 2.73. The van der Waals surface area contributed by atoms with E-state index in [1.54, 1.807) is 0 Å². The van der Waals surface area contributed by atoms with E-state index in [0.29, 0.717) is 18.2 Å². The Balaban J connectivity index is 3.14. The zero-order valence-electron chi connectivity index (χ0n) is 7.36. The van der Waals surface area contributed by atoms with Crippen LogP contribution in [0.2, 0.25) is 0 Å². The van der Waals surface area contributed by atoms with Gasteiger partial charge in [-0.2, -0.15) is 26.3 Å². The monoisotopic (exact) mass is 243 g/mol. The van der Waals surface area contributed by atoms with Crippen molar-refractivity contribution in [3.63, 3.8) is 0 Å². The van der Waals surface area contributed by atoms with Crippen molar-refractivity contribution in [3.8, 4) is 0 Å². The first-order valence-electron chi connectivity index (χ1n) is 3.78. The predicted molar refractivity (Wildman–Crippen MR) is 39.6 cm³/mol. The van der Waals surface area contributed by atoms with Crippen LogP contribution in [0.1, 0.15) is 16.2 Å². The van der Waals surface area contributed by atoms with Gasteiger partial charge in [0.25, 0.3) is 5.78 Å². The normalized spacial score (nSPS) is 12.6. The molecule has 0 aliphatic carbocycles. The van der Waals surface area contributed by atoms with Gasteiger partial charge < -0.3 is 0 Å². The molecule has 88 valence electrons. The summed E-state index contributed by atoms with van der Waals surface area (Å²) in [6, 6.07) is 1.74. The number of hydrogen-bond acceptors (Lipinski definition) is 2. The molecule has 0 radical (unpaired) electrons. The van der Waals surface area contributed by atoms with Gasteiger partial charge in [-0.05, 0) is 12.1 Å². The molecule has 1 heterocycles. The maximum Gasteiger partial charge on any atom is 0.456 e. The molecular weight excluding hydrogens is 240 g/mol. The van der Waals surface area contributed by atoms with Gasteiger partial charge in [-0.15, -0.1) is 0 Å². The highest BCUT2D eigenvalue weighted by Gasteiger charge is 2.41. The van der Waals surface area contributed by atoms with Gasteiger partial charge in [0, 0.05) is 0 Å². The van der Waals surface area contributed by atoms with Crippen molar-refractivity contribution in [3.05, 3.63) is 29.6 Å². The lowest BCUT2D eigenvalue weighted by Gasteiger charge is -2.08. The molecule has 0 bridgehead atoms. The minimum Gasteiger partial charge on any atom is -0.282 e. The number of halogens is 6. The molecule has 0 fully saturated rings. The first kappa shape index (κ1) is 12.5. The van der Waals surface area contributed by atoms with Gasteiger partial charge in [-0.1, -0.05) is 6.07 Å². The maximum atomic E-state index is 12.1. The number of nitrogens with zero attached hydrogens (tertiary/aromatic N) is 1. The average Bonchev–Trinajstić information content (AvgIpc) is 2.14. The molecule has 1 rings (SSSR count). The molecule has 0 amide bonds. The molecular formula is C8H3F6NO. The van der Waals surface area contributed by atoms with E-state index in [-0.39, 0.29) is 0 Å². The van der Waals surface area contributed by atoms with Crippen LogP contribution in [0.15, 0.2) is 18.2 Å². The van der Waals surface area contributed by atoms with E-state index < -0.39 is 29.5 Å². The molecule has 0 saturated carbocycles. The van der Waals surface area contributed by atoms with Gasteiger partial charge in [0.1, 0.15) is 11.4 Å². The van der Waals surface area contributed by atoms with Crippen LogP contribution in [0.4, 0.5) is 26.3 Å². The topological polar surface area (TPSA) is 30.0 Å². The Morgan fingerprint density at radius 2 is 1.62 bits per heavy atom. The van der Waals surface area contributed by atoms with Gasteiger partial charge in [0.15, 0.2) is 0 Å². The van der Waals surface area contributed by atoms with E-state index in [1.165, 1.54) is 0 Å². The number of hydrogen-bond donors (Lipinski definition) is 0. The zero-order chi connectivity index (χ0) is 12.6. The molecule has 8 heteroatoms. The summed E-state index contributed by atoms with van der Waals surface area (Å²) in [7, 11) is 0. The van der Waals surface area contributed by atoms with Crippen LogP contribution in [-0.4, -0.2) is 16.9 Å². The lowest BCUT2D eigenvalue weighted by Crippen LogP contribution is -2.24. The van der Waals surface area contributed by atoms with Crippen molar-refractivity contribution in [2.24, 2.45) is 0 Å². The average molecular weight is 243 g/mol. The number of aromatic nitrogens is 1. The summed E-state index contributed by atoms with van der Waals surface area (Å²) in [5.41, 5.74) is -2.81. The first-order chi connectivity index (χ1) is 7.12. The van der Waals surface area contributed by atoms with Crippen molar-refractivity contribution >= 4 is 5.78 Å². The Kier molecular flexibility index (Phi) is 2.93. The van der Waals surface area contributed by atoms with Gasteiger partial charge in [0.2, 0.25) is 0 Å². The lowest BCUT2D eigenvalue weighted by molar-refractivity contribution is -0.141. The summed E-state index contributed by atoms with van der Waals surface area (Å²) in [6.07, 6.45) is -10.1. The van der Waals surface area contributed by atoms with Gasteiger partial charge in [0.05, 0.1) is 0 Å². The molecule has 0 atom stereocenters. The largest absolute Gasteiger partial charge is 0.456 e. The third-order valence-electron chi connectivity index (χ3n) is 1.53. The maximum absolute atomic E-state index is 12.1. The van der Waals surface area contributed by atoms with E-state index >= 15 is 0 Å². The molecule has 16 heavy (non-hydrogen) atoms. The third-order valence-corrected chi connectivity index (χ3v) is 1.53. The summed E-state index contributed by atoms with van der Waals surface area (Å²) in [5.74, 6) is -2.40. The minimum atomic E-state index is -5.24. The van der Waals surface area contributed by atoms with Gasteiger partial charge >= 0.3 is 12.4 Å².